The first-order chi connectivity index (χ1) is 13.1. The Hall–Kier alpha value is -2.31. The number of halogens is 2. The van der Waals surface area contributed by atoms with Gasteiger partial charge in [0, 0.05) is 9.50 Å². The van der Waals surface area contributed by atoms with Crippen molar-refractivity contribution < 1.29 is 19.1 Å². The van der Waals surface area contributed by atoms with E-state index in [1.165, 1.54) is 6.08 Å². The smallest absolute Gasteiger partial charge is 0.412 e. The first-order valence-electron chi connectivity index (χ1n) is 8.52. The molecule has 7 heteroatoms. The van der Waals surface area contributed by atoms with E-state index < -0.39 is 17.7 Å². The third-order valence-electron chi connectivity index (χ3n) is 3.33. The first-order valence-corrected chi connectivity index (χ1v) is 9.69. The monoisotopic (exact) mass is 465 g/mol. The van der Waals surface area contributed by atoms with Crippen molar-refractivity contribution in [3.8, 4) is 0 Å². The highest BCUT2D eigenvalue weighted by molar-refractivity contribution is 9.10. The zero-order chi connectivity index (χ0) is 20.7. The van der Waals surface area contributed by atoms with E-state index in [-0.39, 0.29) is 12.3 Å². The molecule has 0 heterocycles. The first kappa shape index (κ1) is 22.0. The summed E-state index contributed by atoms with van der Waals surface area (Å²) in [6.07, 6.45) is 0.686. The van der Waals surface area contributed by atoms with Gasteiger partial charge in [-0.1, -0.05) is 57.9 Å². The highest BCUT2D eigenvalue weighted by Crippen LogP contribution is 2.23. The third-order valence-corrected chi connectivity index (χ3v) is 4.16. The maximum absolute atomic E-state index is 12.6. The van der Waals surface area contributed by atoms with Crippen molar-refractivity contribution in [2.45, 2.75) is 33.0 Å². The molecule has 0 aromatic heterocycles. The van der Waals surface area contributed by atoms with Crippen molar-refractivity contribution >= 4 is 45.7 Å². The largest absolute Gasteiger partial charge is 0.456 e. The molecule has 0 atom stereocenters. The minimum absolute atomic E-state index is 0.0687. The SMILES string of the molecule is CC(C)(C)OC(=O)NC(=Cc1cc(Br)ccc1Cl)C(=O)OCc1ccccc1. The van der Waals surface area contributed by atoms with Gasteiger partial charge in [-0.05, 0) is 56.2 Å². The zero-order valence-electron chi connectivity index (χ0n) is 15.8. The normalized spacial score (nSPS) is 11.7. The quantitative estimate of drug-likeness (QED) is 0.453. The number of ether oxygens (including phenoxy) is 2. The fourth-order valence-corrected chi connectivity index (χ4v) is 2.69. The van der Waals surface area contributed by atoms with Crippen LogP contribution in [0.15, 0.2) is 58.7 Å². The summed E-state index contributed by atoms with van der Waals surface area (Å²) in [6.45, 7) is 5.26. The lowest BCUT2D eigenvalue weighted by Crippen LogP contribution is -2.34. The number of rotatable bonds is 5. The Morgan fingerprint density at radius 3 is 2.46 bits per heavy atom. The molecule has 2 aromatic carbocycles. The molecule has 0 bridgehead atoms. The maximum atomic E-state index is 12.6. The van der Waals surface area contributed by atoms with E-state index in [1.807, 2.05) is 30.3 Å². The van der Waals surface area contributed by atoms with Crippen LogP contribution in [0.4, 0.5) is 4.79 Å². The number of nitrogens with one attached hydrogen (secondary N) is 1. The van der Waals surface area contributed by atoms with E-state index in [0.717, 1.165) is 10.0 Å². The summed E-state index contributed by atoms with van der Waals surface area (Å²) >= 11 is 9.56. The molecule has 2 rings (SSSR count). The summed E-state index contributed by atoms with van der Waals surface area (Å²) in [7, 11) is 0. The molecule has 0 unspecified atom stereocenters. The molecule has 0 saturated heterocycles. The molecular formula is C21H21BrClNO4. The summed E-state index contributed by atoms with van der Waals surface area (Å²) in [5.41, 5.74) is 0.577. The molecule has 28 heavy (non-hydrogen) atoms. The van der Waals surface area contributed by atoms with Gasteiger partial charge in [0.1, 0.15) is 17.9 Å². The van der Waals surface area contributed by atoms with Crippen LogP contribution in [0, 0.1) is 0 Å². The number of esters is 1. The van der Waals surface area contributed by atoms with Crippen LogP contribution in [0.25, 0.3) is 6.08 Å². The molecule has 148 valence electrons. The number of amides is 1. The Bertz CT molecular complexity index is 876. The van der Waals surface area contributed by atoms with E-state index in [2.05, 4.69) is 21.2 Å². The second kappa shape index (κ2) is 9.75. The number of hydrogen-bond donors (Lipinski definition) is 1. The Balaban J connectivity index is 2.24. The molecule has 0 radical (unpaired) electrons. The van der Waals surface area contributed by atoms with E-state index in [0.29, 0.717) is 10.6 Å². The summed E-state index contributed by atoms with van der Waals surface area (Å²) in [6, 6.07) is 14.4. The number of carbonyl (C=O) groups excluding carboxylic acids is 2. The summed E-state index contributed by atoms with van der Waals surface area (Å²) in [5, 5.41) is 2.88. The highest BCUT2D eigenvalue weighted by Gasteiger charge is 2.21. The molecule has 1 amide bonds. The minimum Gasteiger partial charge on any atom is -0.456 e. The van der Waals surface area contributed by atoms with Gasteiger partial charge in [0.05, 0.1) is 0 Å². The van der Waals surface area contributed by atoms with E-state index in [4.69, 9.17) is 21.1 Å². The molecule has 0 spiro atoms. The van der Waals surface area contributed by atoms with Gasteiger partial charge in [-0.25, -0.2) is 9.59 Å². The van der Waals surface area contributed by atoms with Crippen LogP contribution in [-0.2, 0) is 20.9 Å². The van der Waals surface area contributed by atoms with E-state index in [9.17, 15) is 9.59 Å². The van der Waals surface area contributed by atoms with Crippen molar-refractivity contribution in [3.63, 3.8) is 0 Å². The summed E-state index contributed by atoms with van der Waals surface area (Å²) < 4.78 is 11.3. The summed E-state index contributed by atoms with van der Waals surface area (Å²) in [5.74, 6) is -0.703. The van der Waals surface area contributed by atoms with Gasteiger partial charge in [-0.2, -0.15) is 0 Å². The number of benzene rings is 2. The van der Waals surface area contributed by atoms with Crippen LogP contribution in [-0.4, -0.2) is 17.7 Å². The fourth-order valence-electron chi connectivity index (χ4n) is 2.14. The lowest BCUT2D eigenvalue weighted by molar-refractivity contribution is -0.140. The van der Waals surface area contributed by atoms with Crippen LogP contribution in [0.5, 0.6) is 0 Å². The topological polar surface area (TPSA) is 64.6 Å². The van der Waals surface area contributed by atoms with E-state index >= 15 is 0 Å². The molecule has 0 aliphatic heterocycles. The molecule has 1 N–H and O–H groups in total. The van der Waals surface area contributed by atoms with Crippen molar-refractivity contribution in [2.75, 3.05) is 0 Å². The van der Waals surface area contributed by atoms with Crippen molar-refractivity contribution in [1.82, 2.24) is 5.32 Å². The Morgan fingerprint density at radius 1 is 1.14 bits per heavy atom. The second-order valence-corrected chi connectivity index (χ2v) is 8.24. The summed E-state index contributed by atoms with van der Waals surface area (Å²) in [4.78, 5) is 24.8. The predicted octanol–water partition coefficient (Wildman–Crippen LogP) is 5.71. The number of alkyl carbamates (subject to hydrolysis) is 1. The molecule has 2 aromatic rings. The maximum Gasteiger partial charge on any atom is 0.412 e. The van der Waals surface area contributed by atoms with Crippen molar-refractivity contribution in [3.05, 3.63) is 74.9 Å². The van der Waals surface area contributed by atoms with Gasteiger partial charge in [0.2, 0.25) is 0 Å². The van der Waals surface area contributed by atoms with Crippen LogP contribution < -0.4 is 5.32 Å². The Labute approximate surface area is 177 Å². The molecule has 0 aliphatic rings. The van der Waals surface area contributed by atoms with E-state index in [1.54, 1.807) is 39.0 Å². The zero-order valence-corrected chi connectivity index (χ0v) is 18.1. The minimum atomic E-state index is -0.762. The average molecular weight is 467 g/mol. The van der Waals surface area contributed by atoms with Crippen molar-refractivity contribution in [2.24, 2.45) is 0 Å². The standard InChI is InChI=1S/C21H21BrClNO4/c1-21(2,3)28-20(26)24-18(12-15-11-16(22)9-10-17(15)23)19(25)27-13-14-7-5-4-6-8-14/h4-12H,13H2,1-3H3,(H,24,26). The van der Waals surface area contributed by atoms with Crippen LogP contribution in [0.1, 0.15) is 31.9 Å². The fraction of sp³-hybridized carbons (Fsp3) is 0.238. The molecule has 0 saturated carbocycles. The van der Waals surface area contributed by atoms with Crippen LogP contribution in [0.3, 0.4) is 0 Å². The molecule has 0 fully saturated rings. The van der Waals surface area contributed by atoms with Gasteiger partial charge < -0.3 is 9.47 Å². The molecule has 0 aliphatic carbocycles. The highest BCUT2D eigenvalue weighted by atomic mass is 79.9. The Kier molecular flexibility index (Phi) is 7.66. The number of carbonyl (C=O) groups is 2. The molecule has 5 nitrogen and oxygen atoms in total. The average Bonchev–Trinajstić information content (AvgIpc) is 2.61. The lowest BCUT2D eigenvalue weighted by atomic mass is 10.2. The second-order valence-electron chi connectivity index (χ2n) is 6.91. The van der Waals surface area contributed by atoms with Crippen LogP contribution >= 0.6 is 27.5 Å². The third kappa shape index (κ3) is 7.37. The van der Waals surface area contributed by atoms with Gasteiger partial charge >= 0.3 is 12.1 Å². The number of hydrogen-bond acceptors (Lipinski definition) is 4. The predicted molar refractivity (Wildman–Crippen MR) is 113 cm³/mol. The van der Waals surface area contributed by atoms with Gasteiger partial charge in [-0.3, -0.25) is 5.32 Å². The van der Waals surface area contributed by atoms with Gasteiger partial charge in [0.25, 0.3) is 0 Å². The Morgan fingerprint density at radius 2 is 1.82 bits per heavy atom. The van der Waals surface area contributed by atoms with Crippen LogP contribution in [0.2, 0.25) is 5.02 Å². The lowest BCUT2D eigenvalue weighted by Gasteiger charge is -2.20. The van der Waals surface area contributed by atoms with Gasteiger partial charge in [-0.15, -0.1) is 0 Å². The molecular weight excluding hydrogens is 446 g/mol. The van der Waals surface area contributed by atoms with Crippen molar-refractivity contribution in [1.29, 1.82) is 0 Å². The van der Waals surface area contributed by atoms with Gasteiger partial charge in [0.15, 0.2) is 0 Å².